The van der Waals surface area contributed by atoms with E-state index in [0.717, 1.165) is 18.2 Å². The zero-order valence-corrected chi connectivity index (χ0v) is 11.1. The van der Waals surface area contributed by atoms with Crippen molar-refractivity contribution < 1.29 is 4.21 Å². The molecule has 2 atom stereocenters. The third-order valence-corrected chi connectivity index (χ3v) is 5.04. The number of nitrogens with one attached hydrogen (secondary N) is 1. The van der Waals surface area contributed by atoms with Crippen LogP contribution in [0.1, 0.15) is 46.5 Å². The fraction of sp³-hybridized carbons (Fsp3) is 1.00. The van der Waals surface area contributed by atoms with E-state index in [1.54, 1.807) is 0 Å². The van der Waals surface area contributed by atoms with Gasteiger partial charge < -0.3 is 5.32 Å². The summed E-state index contributed by atoms with van der Waals surface area (Å²) in [5.41, 5.74) is 0. The summed E-state index contributed by atoms with van der Waals surface area (Å²) in [6, 6.07) is 0.487. The quantitative estimate of drug-likeness (QED) is 0.760. The Kier molecular flexibility index (Phi) is 5.83. The van der Waals surface area contributed by atoms with E-state index < -0.39 is 10.8 Å². The maximum atomic E-state index is 11.9. The van der Waals surface area contributed by atoms with Crippen LogP contribution in [-0.2, 0) is 10.8 Å². The van der Waals surface area contributed by atoms with Crippen LogP contribution in [-0.4, -0.2) is 27.8 Å². The van der Waals surface area contributed by atoms with Crippen molar-refractivity contribution >= 4 is 10.8 Å². The van der Waals surface area contributed by atoms with Gasteiger partial charge in [0, 0.05) is 27.8 Å². The Morgan fingerprint density at radius 1 is 1.33 bits per heavy atom. The Morgan fingerprint density at radius 2 is 1.93 bits per heavy atom. The zero-order valence-electron chi connectivity index (χ0n) is 10.3. The molecule has 0 bridgehead atoms. The monoisotopic (exact) mass is 231 g/mol. The fourth-order valence-corrected chi connectivity index (χ4v) is 3.48. The Hall–Kier alpha value is 0.110. The highest BCUT2D eigenvalue weighted by molar-refractivity contribution is 7.85. The topological polar surface area (TPSA) is 29.1 Å². The van der Waals surface area contributed by atoms with Crippen molar-refractivity contribution in [3.63, 3.8) is 0 Å². The minimum atomic E-state index is -0.662. The Bertz CT molecular complexity index is 200. The molecule has 3 heteroatoms. The first-order valence-electron chi connectivity index (χ1n) is 6.25. The number of rotatable bonds is 6. The highest BCUT2D eigenvalue weighted by atomic mass is 32.2. The van der Waals surface area contributed by atoms with Crippen LogP contribution in [0.2, 0.25) is 0 Å². The SMILES string of the molecule is CCNC(CS(=O)C(C)C)C1CCCC1. The molecule has 0 aromatic carbocycles. The normalized spacial score (nSPS) is 22.1. The van der Waals surface area contributed by atoms with Gasteiger partial charge in [-0.05, 0) is 25.3 Å². The molecular formula is C12H25NOS. The van der Waals surface area contributed by atoms with Gasteiger partial charge in [0.15, 0.2) is 0 Å². The smallest absolute Gasteiger partial charge is 0.0394 e. The van der Waals surface area contributed by atoms with E-state index in [4.69, 9.17) is 0 Å². The van der Waals surface area contributed by atoms with E-state index >= 15 is 0 Å². The summed E-state index contributed by atoms with van der Waals surface area (Å²) in [5, 5.41) is 3.82. The molecular weight excluding hydrogens is 206 g/mol. The lowest BCUT2D eigenvalue weighted by molar-refractivity contribution is 0.392. The highest BCUT2D eigenvalue weighted by Gasteiger charge is 2.26. The molecule has 0 aromatic rings. The molecule has 0 saturated heterocycles. The van der Waals surface area contributed by atoms with Crippen LogP contribution in [0.25, 0.3) is 0 Å². The van der Waals surface area contributed by atoms with E-state index in [1.807, 2.05) is 13.8 Å². The molecule has 15 heavy (non-hydrogen) atoms. The minimum Gasteiger partial charge on any atom is -0.313 e. The van der Waals surface area contributed by atoms with Crippen LogP contribution in [0.5, 0.6) is 0 Å². The molecule has 0 heterocycles. The maximum Gasteiger partial charge on any atom is 0.0394 e. The Morgan fingerprint density at radius 3 is 2.40 bits per heavy atom. The van der Waals surface area contributed by atoms with E-state index in [-0.39, 0.29) is 0 Å². The summed E-state index contributed by atoms with van der Waals surface area (Å²) in [7, 11) is -0.662. The molecule has 1 N–H and O–H groups in total. The van der Waals surface area contributed by atoms with E-state index in [9.17, 15) is 4.21 Å². The molecule has 1 aliphatic rings. The van der Waals surface area contributed by atoms with Crippen molar-refractivity contribution in [2.75, 3.05) is 12.3 Å². The fourth-order valence-electron chi connectivity index (χ4n) is 2.35. The zero-order chi connectivity index (χ0) is 11.3. The minimum absolute atomic E-state index is 0.299. The molecule has 0 radical (unpaired) electrons. The Balaban J connectivity index is 2.45. The van der Waals surface area contributed by atoms with Crippen molar-refractivity contribution in [3.8, 4) is 0 Å². The second kappa shape index (κ2) is 6.64. The first kappa shape index (κ1) is 13.2. The van der Waals surface area contributed by atoms with Gasteiger partial charge in [-0.1, -0.05) is 33.6 Å². The molecule has 0 spiro atoms. The van der Waals surface area contributed by atoms with Gasteiger partial charge in [0.05, 0.1) is 0 Å². The van der Waals surface area contributed by atoms with Gasteiger partial charge in [-0.15, -0.1) is 0 Å². The van der Waals surface area contributed by atoms with Gasteiger partial charge in [-0.3, -0.25) is 4.21 Å². The Labute approximate surface area is 96.7 Å². The molecule has 2 unspecified atom stereocenters. The van der Waals surface area contributed by atoms with Crippen molar-refractivity contribution in [2.45, 2.75) is 57.7 Å². The summed E-state index contributed by atoms with van der Waals surface area (Å²) < 4.78 is 11.9. The predicted octanol–water partition coefficient (Wildman–Crippen LogP) is 2.31. The van der Waals surface area contributed by atoms with Gasteiger partial charge >= 0.3 is 0 Å². The van der Waals surface area contributed by atoms with Gasteiger partial charge in [0.1, 0.15) is 0 Å². The van der Waals surface area contributed by atoms with E-state index in [1.165, 1.54) is 25.7 Å². The average Bonchev–Trinajstić information content (AvgIpc) is 2.69. The summed E-state index contributed by atoms with van der Waals surface area (Å²) in [4.78, 5) is 0. The van der Waals surface area contributed by atoms with E-state index in [0.29, 0.717) is 11.3 Å². The third-order valence-electron chi connectivity index (χ3n) is 3.30. The summed E-state index contributed by atoms with van der Waals surface area (Å²) >= 11 is 0. The molecule has 0 aromatic heterocycles. The lowest BCUT2D eigenvalue weighted by Gasteiger charge is -2.24. The molecule has 0 aliphatic heterocycles. The molecule has 90 valence electrons. The molecule has 0 amide bonds. The molecule has 1 aliphatic carbocycles. The predicted molar refractivity (Wildman–Crippen MR) is 67.6 cm³/mol. The summed E-state index contributed by atoms with van der Waals surface area (Å²) in [6.07, 6.45) is 5.38. The second-order valence-corrected chi connectivity index (χ2v) is 6.84. The van der Waals surface area contributed by atoms with Crippen LogP contribution < -0.4 is 5.32 Å². The molecule has 1 fully saturated rings. The van der Waals surface area contributed by atoms with Crippen molar-refractivity contribution in [3.05, 3.63) is 0 Å². The van der Waals surface area contributed by atoms with Crippen LogP contribution in [0.4, 0.5) is 0 Å². The van der Waals surface area contributed by atoms with Gasteiger partial charge in [0.2, 0.25) is 0 Å². The van der Waals surface area contributed by atoms with Crippen molar-refractivity contribution in [1.29, 1.82) is 0 Å². The standard InChI is InChI=1S/C12H25NOS/c1-4-13-12(9-15(14)10(2)3)11-7-5-6-8-11/h10-13H,4-9H2,1-3H3. The first-order valence-corrected chi connectivity index (χ1v) is 7.64. The van der Waals surface area contributed by atoms with Crippen LogP contribution in [0.15, 0.2) is 0 Å². The summed E-state index contributed by atoms with van der Waals surface area (Å²) in [5.74, 6) is 1.61. The lowest BCUT2D eigenvalue weighted by atomic mass is 10.00. The van der Waals surface area contributed by atoms with E-state index in [2.05, 4.69) is 12.2 Å². The third kappa shape index (κ3) is 4.23. The summed E-state index contributed by atoms with van der Waals surface area (Å²) in [6.45, 7) is 7.23. The molecule has 2 nitrogen and oxygen atoms in total. The highest BCUT2D eigenvalue weighted by Crippen LogP contribution is 2.28. The second-order valence-electron chi connectivity index (χ2n) is 4.80. The number of hydrogen-bond donors (Lipinski definition) is 1. The van der Waals surface area contributed by atoms with Crippen molar-refractivity contribution in [2.24, 2.45) is 5.92 Å². The maximum absolute atomic E-state index is 11.9. The lowest BCUT2D eigenvalue weighted by Crippen LogP contribution is -2.40. The molecule has 1 rings (SSSR count). The average molecular weight is 231 g/mol. The van der Waals surface area contributed by atoms with Crippen LogP contribution in [0.3, 0.4) is 0 Å². The van der Waals surface area contributed by atoms with Gasteiger partial charge in [-0.25, -0.2) is 0 Å². The van der Waals surface area contributed by atoms with Crippen molar-refractivity contribution in [1.82, 2.24) is 5.32 Å². The van der Waals surface area contributed by atoms with Crippen LogP contribution in [0, 0.1) is 5.92 Å². The number of hydrogen-bond acceptors (Lipinski definition) is 2. The largest absolute Gasteiger partial charge is 0.313 e. The van der Waals surface area contributed by atoms with Gasteiger partial charge in [-0.2, -0.15) is 0 Å². The molecule has 1 saturated carbocycles. The van der Waals surface area contributed by atoms with Gasteiger partial charge in [0.25, 0.3) is 0 Å². The first-order chi connectivity index (χ1) is 7.15. The van der Waals surface area contributed by atoms with Crippen LogP contribution >= 0.6 is 0 Å².